The number of hydrogen-bond donors (Lipinski definition) is 0. The van der Waals surface area contributed by atoms with E-state index in [1.54, 1.807) is 12.4 Å². The summed E-state index contributed by atoms with van der Waals surface area (Å²) in [7, 11) is 0. The van der Waals surface area contributed by atoms with Crippen LogP contribution in [0.5, 0.6) is 0 Å². The van der Waals surface area contributed by atoms with Crippen molar-refractivity contribution in [3.63, 3.8) is 0 Å². The molecular formula is C10H16N2. The molecule has 0 aliphatic heterocycles. The first-order valence-electron chi connectivity index (χ1n) is 3.95. The molecule has 0 aliphatic rings. The summed E-state index contributed by atoms with van der Waals surface area (Å²) in [5.41, 5.74) is 0. The van der Waals surface area contributed by atoms with Gasteiger partial charge in [0, 0.05) is 12.7 Å². The van der Waals surface area contributed by atoms with Crippen LogP contribution in [0.3, 0.4) is 0 Å². The number of nitrogens with zero attached hydrogens (tertiary/aromatic N) is 2. The van der Waals surface area contributed by atoms with Crippen LogP contribution in [0, 0.1) is 0 Å². The third-order valence-corrected chi connectivity index (χ3v) is 1.14. The van der Waals surface area contributed by atoms with Gasteiger partial charge in [0.05, 0.1) is 12.9 Å². The van der Waals surface area contributed by atoms with E-state index in [2.05, 4.69) is 18.2 Å². The van der Waals surface area contributed by atoms with Crippen molar-refractivity contribution in [1.82, 2.24) is 4.90 Å². The fourth-order valence-corrected chi connectivity index (χ4v) is 0.714. The minimum Gasteiger partial charge on any atom is -0.336 e. The van der Waals surface area contributed by atoms with Crippen LogP contribution in [0.15, 0.2) is 42.6 Å². The number of aliphatic imine (C=N–C) groups is 1. The molecule has 0 spiro atoms. The molecule has 0 amide bonds. The number of hydrogen-bond acceptors (Lipinski definition) is 1. The Morgan fingerprint density at radius 3 is 2.58 bits per heavy atom. The van der Waals surface area contributed by atoms with Crippen molar-refractivity contribution in [3.8, 4) is 0 Å². The molecule has 0 aromatic heterocycles. The summed E-state index contributed by atoms with van der Waals surface area (Å²) in [6.45, 7) is 10.6. The van der Waals surface area contributed by atoms with Crippen molar-refractivity contribution in [2.45, 2.75) is 6.92 Å². The van der Waals surface area contributed by atoms with Crippen LogP contribution in [0.2, 0.25) is 0 Å². The fraction of sp³-hybridized carbons (Fsp3) is 0.300. The first-order chi connectivity index (χ1) is 5.85. The highest BCUT2D eigenvalue weighted by Crippen LogP contribution is 1.86. The monoisotopic (exact) mass is 164 g/mol. The highest BCUT2D eigenvalue weighted by molar-refractivity contribution is 5.56. The maximum Gasteiger partial charge on any atom is 0.0896 e. The van der Waals surface area contributed by atoms with Crippen LogP contribution >= 0.6 is 0 Å². The van der Waals surface area contributed by atoms with Crippen LogP contribution in [0.4, 0.5) is 0 Å². The van der Waals surface area contributed by atoms with Gasteiger partial charge >= 0.3 is 0 Å². The molecular weight excluding hydrogens is 148 g/mol. The van der Waals surface area contributed by atoms with Crippen LogP contribution in [-0.4, -0.2) is 24.3 Å². The maximum atomic E-state index is 4.11. The Balaban J connectivity index is 3.92. The molecule has 0 N–H and O–H groups in total. The molecule has 2 nitrogen and oxygen atoms in total. The molecule has 0 heterocycles. The van der Waals surface area contributed by atoms with Crippen molar-refractivity contribution in [2.24, 2.45) is 4.99 Å². The largest absolute Gasteiger partial charge is 0.336 e. The number of rotatable bonds is 6. The molecule has 0 rings (SSSR count). The summed E-state index contributed by atoms with van der Waals surface area (Å²) in [5, 5.41) is 0. The topological polar surface area (TPSA) is 15.6 Å². The van der Waals surface area contributed by atoms with Crippen LogP contribution < -0.4 is 0 Å². The van der Waals surface area contributed by atoms with Gasteiger partial charge in [-0.15, -0.1) is 13.2 Å². The summed E-state index contributed by atoms with van der Waals surface area (Å²) < 4.78 is 0. The minimum absolute atomic E-state index is 0.658. The van der Waals surface area contributed by atoms with Crippen LogP contribution in [0.25, 0.3) is 0 Å². The van der Waals surface area contributed by atoms with Crippen molar-refractivity contribution in [3.05, 3.63) is 37.6 Å². The van der Waals surface area contributed by atoms with Crippen molar-refractivity contribution >= 4 is 6.34 Å². The molecule has 0 radical (unpaired) electrons. The second-order valence-electron chi connectivity index (χ2n) is 2.24. The molecule has 66 valence electrons. The lowest BCUT2D eigenvalue weighted by atomic mass is 10.5. The Labute approximate surface area is 74.6 Å². The van der Waals surface area contributed by atoms with Gasteiger partial charge in [-0.1, -0.05) is 18.2 Å². The summed E-state index contributed by atoms with van der Waals surface area (Å²) in [5.74, 6) is 0. The van der Waals surface area contributed by atoms with Crippen molar-refractivity contribution in [1.29, 1.82) is 0 Å². The fourth-order valence-electron chi connectivity index (χ4n) is 0.714. The second-order valence-corrected chi connectivity index (χ2v) is 2.24. The predicted octanol–water partition coefficient (Wildman–Crippen LogP) is 2.22. The molecule has 0 atom stereocenters. The zero-order chi connectivity index (χ0) is 9.23. The van der Waals surface area contributed by atoms with Crippen LogP contribution in [0.1, 0.15) is 6.92 Å². The molecule has 12 heavy (non-hydrogen) atoms. The Kier molecular flexibility index (Phi) is 6.94. The highest BCUT2D eigenvalue weighted by atomic mass is 15.1. The molecule has 0 aliphatic carbocycles. The molecule has 0 saturated heterocycles. The van der Waals surface area contributed by atoms with E-state index in [4.69, 9.17) is 0 Å². The lowest BCUT2D eigenvalue weighted by Gasteiger charge is -2.10. The Morgan fingerprint density at radius 1 is 1.33 bits per heavy atom. The zero-order valence-electron chi connectivity index (χ0n) is 7.61. The van der Waals surface area contributed by atoms with E-state index < -0.39 is 0 Å². The molecule has 0 unspecified atom stereocenters. The smallest absolute Gasteiger partial charge is 0.0896 e. The third-order valence-electron chi connectivity index (χ3n) is 1.14. The van der Waals surface area contributed by atoms with Gasteiger partial charge in [0.2, 0.25) is 0 Å². The molecule has 0 saturated carbocycles. The van der Waals surface area contributed by atoms with E-state index in [1.165, 1.54) is 0 Å². The number of allylic oxidation sites excluding steroid dienone is 1. The van der Waals surface area contributed by atoms with Gasteiger partial charge in [-0.25, -0.2) is 0 Å². The van der Waals surface area contributed by atoms with E-state index in [9.17, 15) is 0 Å². The molecule has 2 heteroatoms. The first-order valence-corrected chi connectivity index (χ1v) is 3.95. The summed E-state index contributed by atoms with van der Waals surface area (Å²) in [6, 6.07) is 0. The Morgan fingerprint density at radius 2 is 2.08 bits per heavy atom. The Hall–Kier alpha value is -1.31. The SMILES string of the molecule is C=CCN=CN(/C=C\C)CC=C. The van der Waals surface area contributed by atoms with E-state index in [0.29, 0.717) is 6.54 Å². The highest BCUT2D eigenvalue weighted by Gasteiger charge is 1.87. The van der Waals surface area contributed by atoms with Crippen molar-refractivity contribution < 1.29 is 0 Å². The summed E-state index contributed by atoms with van der Waals surface area (Å²) in [4.78, 5) is 6.07. The predicted molar refractivity (Wildman–Crippen MR) is 55.3 cm³/mol. The second kappa shape index (κ2) is 7.79. The zero-order valence-corrected chi connectivity index (χ0v) is 7.61. The first kappa shape index (κ1) is 10.7. The third kappa shape index (κ3) is 5.47. The Bertz CT molecular complexity index is 180. The van der Waals surface area contributed by atoms with Gasteiger partial charge in [0.25, 0.3) is 0 Å². The van der Waals surface area contributed by atoms with E-state index >= 15 is 0 Å². The van der Waals surface area contributed by atoms with Gasteiger partial charge in [-0.05, 0) is 6.92 Å². The standard InChI is InChI=1S/C10H16N2/c1-4-7-11-10-12(8-5-2)9-6-3/h4-6,9-10H,1-2,7-8H2,3H3/b9-6-,11-10?. The summed E-state index contributed by atoms with van der Waals surface area (Å²) in [6.07, 6.45) is 9.29. The average molecular weight is 164 g/mol. The van der Waals surface area contributed by atoms with Gasteiger partial charge in [-0.3, -0.25) is 4.99 Å². The lowest BCUT2D eigenvalue weighted by molar-refractivity contribution is 0.638. The summed E-state index contributed by atoms with van der Waals surface area (Å²) >= 11 is 0. The van der Waals surface area contributed by atoms with Gasteiger partial charge in [-0.2, -0.15) is 0 Å². The van der Waals surface area contributed by atoms with E-state index in [1.807, 2.05) is 30.2 Å². The van der Waals surface area contributed by atoms with Gasteiger partial charge in [0.15, 0.2) is 0 Å². The van der Waals surface area contributed by atoms with Gasteiger partial charge < -0.3 is 4.90 Å². The minimum atomic E-state index is 0.658. The molecule has 0 fully saturated rings. The van der Waals surface area contributed by atoms with E-state index in [-0.39, 0.29) is 0 Å². The molecule has 0 aromatic carbocycles. The lowest BCUT2D eigenvalue weighted by Crippen LogP contribution is -2.14. The quantitative estimate of drug-likeness (QED) is 0.334. The van der Waals surface area contributed by atoms with Gasteiger partial charge in [0.1, 0.15) is 0 Å². The normalized spacial score (nSPS) is 10.8. The van der Waals surface area contributed by atoms with Crippen LogP contribution in [-0.2, 0) is 0 Å². The molecule has 0 aromatic rings. The maximum absolute atomic E-state index is 4.11. The molecule has 0 bridgehead atoms. The van der Waals surface area contributed by atoms with Crippen molar-refractivity contribution in [2.75, 3.05) is 13.1 Å². The van der Waals surface area contributed by atoms with E-state index in [0.717, 1.165) is 6.54 Å². The average Bonchev–Trinajstić information content (AvgIpc) is 2.06.